The van der Waals surface area contributed by atoms with E-state index in [0.717, 1.165) is 17.7 Å². The van der Waals surface area contributed by atoms with E-state index in [0.29, 0.717) is 11.6 Å². The molecule has 1 heterocycles. The van der Waals surface area contributed by atoms with Gasteiger partial charge in [-0.3, -0.25) is 4.68 Å². The highest BCUT2D eigenvalue weighted by Gasteiger charge is 2.29. The zero-order valence-electron chi connectivity index (χ0n) is 8.58. The molecule has 2 aromatic rings. The lowest BCUT2D eigenvalue weighted by Gasteiger charge is -2.07. The van der Waals surface area contributed by atoms with Crippen LogP contribution in [0.5, 0.6) is 0 Å². The molecule has 1 aromatic heterocycles. The molecule has 2 nitrogen and oxygen atoms in total. The van der Waals surface area contributed by atoms with Crippen molar-refractivity contribution in [1.82, 2.24) is 9.78 Å². The van der Waals surface area contributed by atoms with E-state index in [9.17, 15) is 13.2 Å². The van der Waals surface area contributed by atoms with Gasteiger partial charge >= 0.3 is 6.18 Å². The van der Waals surface area contributed by atoms with Gasteiger partial charge in [0.15, 0.2) is 0 Å². The third kappa shape index (κ3) is 3.00. The fourth-order valence-corrected chi connectivity index (χ4v) is 1.57. The van der Waals surface area contributed by atoms with Gasteiger partial charge in [-0.1, -0.05) is 23.7 Å². The van der Waals surface area contributed by atoms with Gasteiger partial charge in [0.25, 0.3) is 0 Å². The molecule has 6 heteroatoms. The molecule has 0 aliphatic carbocycles. The summed E-state index contributed by atoms with van der Waals surface area (Å²) in [6.45, 7) is 0.394. The van der Waals surface area contributed by atoms with Crippen molar-refractivity contribution in [2.45, 2.75) is 12.7 Å². The zero-order chi connectivity index (χ0) is 12.5. The Kier molecular flexibility index (Phi) is 3.11. The van der Waals surface area contributed by atoms with Crippen LogP contribution in [0.4, 0.5) is 13.2 Å². The van der Waals surface area contributed by atoms with E-state index in [-0.39, 0.29) is 0 Å². The Bertz CT molecular complexity index is 502. The van der Waals surface area contributed by atoms with Crippen molar-refractivity contribution in [2.24, 2.45) is 0 Å². The topological polar surface area (TPSA) is 17.8 Å². The summed E-state index contributed by atoms with van der Waals surface area (Å²) in [4.78, 5) is 0. The second-order valence-corrected chi connectivity index (χ2v) is 3.99. The van der Waals surface area contributed by atoms with Crippen LogP contribution in [-0.4, -0.2) is 9.78 Å². The van der Waals surface area contributed by atoms with Crippen molar-refractivity contribution in [3.8, 4) is 0 Å². The summed E-state index contributed by atoms with van der Waals surface area (Å²) < 4.78 is 38.5. The normalized spacial score (nSPS) is 11.8. The van der Waals surface area contributed by atoms with Crippen LogP contribution in [0, 0.1) is 0 Å². The van der Waals surface area contributed by atoms with Gasteiger partial charge in [0.1, 0.15) is 0 Å². The van der Waals surface area contributed by atoms with Gasteiger partial charge in [-0.15, -0.1) is 0 Å². The molecule has 0 radical (unpaired) electrons. The summed E-state index contributed by atoms with van der Waals surface area (Å²) in [6, 6.07) is 4.97. The quantitative estimate of drug-likeness (QED) is 0.807. The highest BCUT2D eigenvalue weighted by Crippen LogP contribution is 2.29. The Morgan fingerprint density at radius 2 is 1.82 bits per heavy atom. The van der Waals surface area contributed by atoms with Crippen LogP contribution in [0.3, 0.4) is 0 Å². The molecule has 0 fully saturated rings. The molecule has 17 heavy (non-hydrogen) atoms. The number of hydrogen-bond acceptors (Lipinski definition) is 1. The van der Waals surface area contributed by atoms with Gasteiger partial charge in [0, 0.05) is 6.20 Å². The molecular weight excluding hydrogens is 253 g/mol. The molecule has 2 rings (SSSR count). The van der Waals surface area contributed by atoms with Crippen LogP contribution in [-0.2, 0) is 12.7 Å². The SMILES string of the molecule is FC(F)(F)c1ccc(Cn2cc(Cl)cn2)cc1. The second kappa shape index (κ2) is 4.41. The lowest BCUT2D eigenvalue weighted by Crippen LogP contribution is -2.05. The minimum absolute atomic E-state index is 0.394. The molecule has 0 spiro atoms. The Morgan fingerprint density at radius 1 is 1.18 bits per heavy atom. The van der Waals surface area contributed by atoms with Crippen LogP contribution in [0.15, 0.2) is 36.7 Å². The maximum Gasteiger partial charge on any atom is 0.416 e. The van der Waals surface area contributed by atoms with Crippen molar-refractivity contribution < 1.29 is 13.2 Å². The van der Waals surface area contributed by atoms with Gasteiger partial charge < -0.3 is 0 Å². The number of alkyl halides is 3. The standard InChI is InChI=1S/C11H8ClF3N2/c12-10-5-16-17(7-10)6-8-1-3-9(4-2-8)11(13,14)15/h1-5,7H,6H2. The van der Waals surface area contributed by atoms with Crippen molar-refractivity contribution in [3.63, 3.8) is 0 Å². The molecule has 0 atom stereocenters. The Labute approximate surface area is 101 Å². The molecule has 0 saturated carbocycles. The number of nitrogens with zero attached hydrogens (tertiary/aromatic N) is 2. The summed E-state index contributed by atoms with van der Waals surface area (Å²) >= 11 is 5.68. The van der Waals surface area contributed by atoms with Gasteiger partial charge in [-0.25, -0.2) is 0 Å². The summed E-state index contributed by atoms with van der Waals surface area (Å²) in [5.41, 5.74) is 0.0810. The molecule has 0 bridgehead atoms. The third-order valence-electron chi connectivity index (χ3n) is 2.23. The van der Waals surface area contributed by atoms with Gasteiger partial charge in [0.2, 0.25) is 0 Å². The van der Waals surface area contributed by atoms with E-state index >= 15 is 0 Å². The molecular formula is C11H8ClF3N2. The van der Waals surface area contributed by atoms with E-state index in [2.05, 4.69) is 5.10 Å². The lowest BCUT2D eigenvalue weighted by molar-refractivity contribution is -0.137. The van der Waals surface area contributed by atoms with E-state index in [1.54, 1.807) is 10.9 Å². The maximum atomic E-state index is 12.3. The first-order valence-corrected chi connectivity index (χ1v) is 5.17. The van der Waals surface area contributed by atoms with E-state index in [1.165, 1.54) is 18.3 Å². The molecule has 0 saturated heterocycles. The minimum Gasteiger partial charge on any atom is -0.267 e. The van der Waals surface area contributed by atoms with Gasteiger partial charge in [-0.05, 0) is 17.7 Å². The highest BCUT2D eigenvalue weighted by molar-refractivity contribution is 6.30. The minimum atomic E-state index is -4.30. The van der Waals surface area contributed by atoms with Crippen molar-refractivity contribution in [3.05, 3.63) is 52.8 Å². The molecule has 0 unspecified atom stereocenters. The average molecular weight is 261 g/mol. The van der Waals surface area contributed by atoms with E-state index in [1.807, 2.05) is 0 Å². The predicted octanol–water partition coefficient (Wildman–Crippen LogP) is 3.60. The fourth-order valence-electron chi connectivity index (χ4n) is 1.41. The van der Waals surface area contributed by atoms with Crippen LogP contribution in [0.2, 0.25) is 5.02 Å². The monoisotopic (exact) mass is 260 g/mol. The van der Waals surface area contributed by atoms with Gasteiger partial charge in [-0.2, -0.15) is 18.3 Å². The molecule has 1 aromatic carbocycles. The Hall–Kier alpha value is -1.49. The van der Waals surface area contributed by atoms with E-state index in [4.69, 9.17) is 11.6 Å². The smallest absolute Gasteiger partial charge is 0.267 e. The summed E-state index contributed by atoms with van der Waals surface area (Å²) in [6.07, 6.45) is -1.21. The first-order chi connectivity index (χ1) is 7.95. The van der Waals surface area contributed by atoms with Crippen LogP contribution >= 0.6 is 11.6 Å². The predicted molar refractivity (Wildman–Crippen MR) is 57.8 cm³/mol. The van der Waals surface area contributed by atoms with Gasteiger partial charge in [0.05, 0.1) is 23.3 Å². The number of aromatic nitrogens is 2. The fraction of sp³-hybridized carbons (Fsp3) is 0.182. The number of rotatable bonds is 2. The Morgan fingerprint density at radius 3 is 2.29 bits per heavy atom. The second-order valence-electron chi connectivity index (χ2n) is 3.55. The van der Waals surface area contributed by atoms with E-state index < -0.39 is 11.7 Å². The third-order valence-corrected chi connectivity index (χ3v) is 2.42. The van der Waals surface area contributed by atoms with Crippen LogP contribution < -0.4 is 0 Å². The molecule has 0 N–H and O–H groups in total. The van der Waals surface area contributed by atoms with Crippen molar-refractivity contribution >= 4 is 11.6 Å². The highest BCUT2D eigenvalue weighted by atomic mass is 35.5. The summed E-state index contributed by atoms with van der Waals surface area (Å²) in [5, 5.41) is 4.44. The largest absolute Gasteiger partial charge is 0.416 e. The maximum absolute atomic E-state index is 12.3. The average Bonchev–Trinajstić information content (AvgIpc) is 2.63. The first kappa shape index (κ1) is 12.0. The summed E-state index contributed by atoms with van der Waals surface area (Å²) in [7, 11) is 0. The van der Waals surface area contributed by atoms with Crippen molar-refractivity contribution in [2.75, 3.05) is 0 Å². The zero-order valence-corrected chi connectivity index (χ0v) is 9.33. The Balaban J connectivity index is 2.13. The first-order valence-electron chi connectivity index (χ1n) is 4.79. The molecule has 90 valence electrons. The van der Waals surface area contributed by atoms with Crippen molar-refractivity contribution in [1.29, 1.82) is 0 Å². The number of hydrogen-bond donors (Lipinski definition) is 0. The number of benzene rings is 1. The number of halogens is 4. The lowest BCUT2D eigenvalue weighted by atomic mass is 10.1. The molecule has 0 aliphatic rings. The summed E-state index contributed by atoms with van der Waals surface area (Å²) in [5.74, 6) is 0. The molecule has 0 amide bonds. The van der Waals surface area contributed by atoms with Crippen LogP contribution in [0.25, 0.3) is 0 Å². The van der Waals surface area contributed by atoms with Crippen LogP contribution in [0.1, 0.15) is 11.1 Å². The molecule has 0 aliphatic heterocycles.